The van der Waals surface area contributed by atoms with Crippen molar-refractivity contribution in [3.63, 3.8) is 0 Å². The van der Waals surface area contributed by atoms with E-state index in [2.05, 4.69) is 52.1 Å². The molecule has 1 amide bonds. The van der Waals surface area contributed by atoms with Gasteiger partial charge in [-0.15, -0.1) is 0 Å². The zero-order valence-corrected chi connectivity index (χ0v) is 12.0. The number of rotatable bonds is 4. The molecule has 1 N–H and O–H groups in total. The van der Waals surface area contributed by atoms with Crippen molar-refractivity contribution in [2.75, 3.05) is 6.54 Å². The van der Waals surface area contributed by atoms with Crippen LogP contribution in [0.2, 0.25) is 0 Å². The average Bonchev–Trinajstić information content (AvgIpc) is 2.11. The molecule has 0 aliphatic heterocycles. The minimum atomic E-state index is 0.0306. The monoisotopic (exact) mass is 237 g/mol. The summed E-state index contributed by atoms with van der Waals surface area (Å²) in [4.78, 5) is 11.9. The maximum absolute atomic E-state index is 11.9. The fourth-order valence-electron chi connectivity index (χ4n) is 2.76. The van der Waals surface area contributed by atoms with E-state index in [0.717, 1.165) is 19.4 Å². The normalized spacial score (nSPS) is 27.2. The van der Waals surface area contributed by atoms with Gasteiger partial charge < -0.3 is 5.32 Å². The second-order valence-corrected chi connectivity index (χ2v) is 6.98. The fraction of sp³-hybridized carbons (Fsp3) is 0.800. The molecule has 1 atom stereocenters. The fourth-order valence-corrected chi connectivity index (χ4v) is 2.76. The van der Waals surface area contributed by atoms with Gasteiger partial charge >= 0.3 is 0 Å². The van der Waals surface area contributed by atoms with Crippen molar-refractivity contribution in [3.8, 4) is 0 Å². The molecule has 0 radical (unpaired) electrons. The summed E-state index contributed by atoms with van der Waals surface area (Å²) < 4.78 is 0. The van der Waals surface area contributed by atoms with E-state index >= 15 is 0 Å². The third-order valence-electron chi connectivity index (χ3n) is 3.34. The van der Waals surface area contributed by atoms with Crippen LogP contribution in [0.25, 0.3) is 0 Å². The molecule has 1 aliphatic rings. The smallest absolute Gasteiger partial charge is 0.220 e. The lowest BCUT2D eigenvalue weighted by molar-refractivity contribution is -0.123. The Morgan fingerprint density at radius 1 is 1.35 bits per heavy atom. The van der Waals surface area contributed by atoms with E-state index in [1.807, 2.05) is 0 Å². The van der Waals surface area contributed by atoms with Gasteiger partial charge in [0.1, 0.15) is 0 Å². The van der Waals surface area contributed by atoms with Crippen LogP contribution in [-0.4, -0.2) is 12.5 Å². The molecule has 0 heterocycles. The topological polar surface area (TPSA) is 29.1 Å². The molecule has 0 aromatic rings. The number of hydrogen-bond acceptors (Lipinski definition) is 1. The summed E-state index contributed by atoms with van der Waals surface area (Å²) >= 11 is 0. The minimum absolute atomic E-state index is 0.0306. The Morgan fingerprint density at radius 2 is 2.00 bits per heavy atom. The molecule has 0 saturated heterocycles. The highest BCUT2D eigenvalue weighted by molar-refractivity contribution is 5.77. The van der Waals surface area contributed by atoms with Gasteiger partial charge in [-0.3, -0.25) is 4.79 Å². The summed E-state index contributed by atoms with van der Waals surface area (Å²) in [6.45, 7) is 11.8. The molecule has 0 bridgehead atoms. The Morgan fingerprint density at radius 3 is 2.53 bits per heavy atom. The first-order valence-corrected chi connectivity index (χ1v) is 6.67. The molecule has 17 heavy (non-hydrogen) atoms. The minimum Gasteiger partial charge on any atom is -0.356 e. The Labute approximate surface area is 106 Å². The van der Waals surface area contributed by atoms with Crippen LogP contribution in [-0.2, 0) is 4.79 Å². The van der Waals surface area contributed by atoms with Crippen molar-refractivity contribution in [1.82, 2.24) is 5.32 Å². The van der Waals surface area contributed by atoms with E-state index in [1.54, 1.807) is 0 Å². The highest BCUT2D eigenvalue weighted by Gasteiger charge is 2.34. The van der Waals surface area contributed by atoms with Crippen LogP contribution in [0.1, 0.15) is 53.9 Å². The van der Waals surface area contributed by atoms with Gasteiger partial charge in [-0.2, -0.15) is 0 Å². The van der Waals surface area contributed by atoms with Crippen LogP contribution in [0.3, 0.4) is 0 Å². The Bertz CT molecular complexity index is 304. The molecule has 2 nitrogen and oxygen atoms in total. The van der Waals surface area contributed by atoms with E-state index < -0.39 is 0 Å². The van der Waals surface area contributed by atoms with Crippen LogP contribution in [0.5, 0.6) is 0 Å². The van der Waals surface area contributed by atoms with E-state index in [-0.39, 0.29) is 11.3 Å². The van der Waals surface area contributed by atoms with Crippen molar-refractivity contribution in [2.45, 2.75) is 53.9 Å². The second-order valence-electron chi connectivity index (χ2n) is 6.98. The molecule has 0 saturated carbocycles. The van der Waals surface area contributed by atoms with Crippen molar-refractivity contribution in [1.29, 1.82) is 0 Å². The number of carbonyl (C=O) groups excluding carboxylic acids is 1. The maximum atomic E-state index is 11.9. The van der Waals surface area contributed by atoms with Crippen LogP contribution < -0.4 is 5.32 Å². The number of hydrogen-bond donors (Lipinski definition) is 1. The summed E-state index contributed by atoms with van der Waals surface area (Å²) in [5.74, 6) is 0.702. The van der Waals surface area contributed by atoms with Crippen LogP contribution in [0, 0.1) is 16.7 Å². The van der Waals surface area contributed by atoms with Crippen molar-refractivity contribution in [3.05, 3.63) is 12.2 Å². The van der Waals surface area contributed by atoms with E-state index in [4.69, 9.17) is 0 Å². The van der Waals surface area contributed by atoms with E-state index in [0.29, 0.717) is 17.8 Å². The first-order valence-electron chi connectivity index (χ1n) is 6.67. The summed E-state index contributed by atoms with van der Waals surface area (Å²) in [5.41, 5.74) is 0.352. The van der Waals surface area contributed by atoms with Crippen molar-refractivity contribution >= 4 is 5.91 Å². The first kappa shape index (κ1) is 14.3. The Kier molecular flexibility index (Phi) is 4.40. The van der Waals surface area contributed by atoms with Gasteiger partial charge in [0.25, 0.3) is 0 Å². The quantitative estimate of drug-likeness (QED) is 0.745. The molecule has 1 aliphatic carbocycles. The van der Waals surface area contributed by atoms with E-state index in [1.165, 1.54) is 0 Å². The van der Waals surface area contributed by atoms with Gasteiger partial charge in [0.15, 0.2) is 0 Å². The molecule has 1 rings (SSSR count). The molecular formula is C15H27NO. The number of nitrogens with one attached hydrogen (secondary N) is 1. The molecule has 1 unspecified atom stereocenters. The lowest BCUT2D eigenvalue weighted by Gasteiger charge is -2.38. The van der Waals surface area contributed by atoms with Crippen molar-refractivity contribution in [2.24, 2.45) is 16.7 Å². The standard InChI is InChI=1S/C15H27NO/c1-12(2)10-16-13(17)9-15(5)8-6-7-14(3,4)11-15/h6,8,12H,7,9-11H2,1-5H3,(H,16,17). The van der Waals surface area contributed by atoms with Gasteiger partial charge in [0.2, 0.25) is 5.91 Å². The average molecular weight is 237 g/mol. The van der Waals surface area contributed by atoms with E-state index in [9.17, 15) is 4.79 Å². The predicted molar refractivity (Wildman–Crippen MR) is 72.7 cm³/mol. The number of allylic oxidation sites excluding steroid dienone is 2. The molecule has 2 heteroatoms. The third kappa shape index (κ3) is 4.93. The lowest BCUT2D eigenvalue weighted by atomic mass is 9.67. The molecule has 0 fully saturated rings. The summed E-state index contributed by atoms with van der Waals surface area (Å²) in [6.07, 6.45) is 7.29. The number of amides is 1. The third-order valence-corrected chi connectivity index (χ3v) is 3.34. The van der Waals surface area contributed by atoms with Gasteiger partial charge in [0, 0.05) is 13.0 Å². The Balaban J connectivity index is 2.52. The van der Waals surface area contributed by atoms with Crippen molar-refractivity contribution < 1.29 is 4.79 Å². The molecule has 0 aromatic carbocycles. The van der Waals surface area contributed by atoms with Crippen LogP contribution >= 0.6 is 0 Å². The van der Waals surface area contributed by atoms with Gasteiger partial charge in [-0.05, 0) is 29.6 Å². The highest BCUT2D eigenvalue weighted by Crippen LogP contribution is 2.43. The predicted octanol–water partition coefficient (Wildman–Crippen LogP) is 3.53. The molecule has 98 valence electrons. The summed E-state index contributed by atoms with van der Waals surface area (Å²) in [7, 11) is 0. The molecule has 0 aromatic heterocycles. The first-order chi connectivity index (χ1) is 7.72. The largest absolute Gasteiger partial charge is 0.356 e. The zero-order valence-electron chi connectivity index (χ0n) is 12.0. The maximum Gasteiger partial charge on any atom is 0.220 e. The highest BCUT2D eigenvalue weighted by atomic mass is 16.1. The second kappa shape index (κ2) is 5.24. The van der Waals surface area contributed by atoms with Gasteiger partial charge in [-0.1, -0.05) is 46.8 Å². The zero-order chi connectivity index (χ0) is 13.1. The lowest BCUT2D eigenvalue weighted by Crippen LogP contribution is -2.35. The van der Waals surface area contributed by atoms with Gasteiger partial charge in [-0.25, -0.2) is 0 Å². The molecular weight excluding hydrogens is 210 g/mol. The SMILES string of the molecule is CC(C)CNC(=O)CC1(C)C=CCC(C)(C)C1. The van der Waals surface area contributed by atoms with Gasteiger partial charge in [0.05, 0.1) is 0 Å². The molecule has 0 spiro atoms. The van der Waals surface area contributed by atoms with Crippen LogP contribution in [0.4, 0.5) is 0 Å². The number of carbonyl (C=O) groups is 1. The van der Waals surface area contributed by atoms with Crippen LogP contribution in [0.15, 0.2) is 12.2 Å². The summed E-state index contributed by atoms with van der Waals surface area (Å²) in [5, 5.41) is 3.01. The summed E-state index contributed by atoms with van der Waals surface area (Å²) in [6, 6.07) is 0. The Hall–Kier alpha value is -0.790.